The van der Waals surface area contributed by atoms with Gasteiger partial charge in [-0.2, -0.15) is 0 Å². The van der Waals surface area contributed by atoms with E-state index in [4.69, 9.17) is 0 Å². The van der Waals surface area contributed by atoms with Gasteiger partial charge in [0.1, 0.15) is 0 Å². The van der Waals surface area contributed by atoms with Crippen molar-refractivity contribution in [2.75, 3.05) is 38.2 Å². The van der Waals surface area contributed by atoms with Gasteiger partial charge in [0.2, 0.25) is 5.91 Å². The van der Waals surface area contributed by atoms with Crippen molar-refractivity contribution < 1.29 is 22.7 Å². The summed E-state index contributed by atoms with van der Waals surface area (Å²) >= 11 is 0. The average Bonchev–Trinajstić information content (AvgIpc) is 2.68. The van der Waals surface area contributed by atoms with E-state index in [-0.39, 0.29) is 36.5 Å². The monoisotopic (exact) mass is 306 g/mol. The van der Waals surface area contributed by atoms with Crippen molar-refractivity contribution >= 4 is 21.7 Å². The Balaban J connectivity index is 2.43. The lowest BCUT2D eigenvalue weighted by Gasteiger charge is -2.20. The van der Waals surface area contributed by atoms with Gasteiger partial charge in [0.15, 0.2) is 9.84 Å². The lowest BCUT2D eigenvalue weighted by Crippen LogP contribution is -2.44. The van der Waals surface area contributed by atoms with Gasteiger partial charge >= 0.3 is 5.97 Å². The summed E-state index contributed by atoms with van der Waals surface area (Å²) in [6.07, 6.45) is 1.26. The number of carbonyl (C=O) groups excluding carboxylic acids is 2. The number of sulfone groups is 1. The zero-order valence-corrected chi connectivity index (χ0v) is 12.7. The van der Waals surface area contributed by atoms with E-state index in [0.717, 1.165) is 6.42 Å². The minimum Gasteiger partial charge on any atom is -0.468 e. The summed E-state index contributed by atoms with van der Waals surface area (Å²) in [5.74, 6) is -0.526. The van der Waals surface area contributed by atoms with Crippen LogP contribution in [-0.4, -0.2) is 69.5 Å². The molecule has 0 aromatic carbocycles. The van der Waals surface area contributed by atoms with E-state index in [2.05, 4.69) is 10.1 Å². The second-order valence-electron chi connectivity index (χ2n) is 4.95. The topological polar surface area (TPSA) is 92.8 Å². The molecular weight excluding hydrogens is 284 g/mol. The van der Waals surface area contributed by atoms with Crippen molar-refractivity contribution in [2.24, 2.45) is 0 Å². The largest absolute Gasteiger partial charge is 0.468 e. The van der Waals surface area contributed by atoms with Crippen LogP contribution in [0.3, 0.4) is 0 Å². The molecule has 0 aromatic heterocycles. The Labute approximate surface area is 119 Å². The Morgan fingerprint density at radius 2 is 2.05 bits per heavy atom. The highest BCUT2D eigenvalue weighted by molar-refractivity contribution is 7.91. The number of amides is 1. The highest BCUT2D eigenvalue weighted by Crippen LogP contribution is 2.11. The lowest BCUT2D eigenvalue weighted by molar-refractivity contribution is -0.142. The number of esters is 1. The van der Waals surface area contributed by atoms with Gasteiger partial charge in [-0.25, -0.2) is 8.42 Å². The molecule has 1 aliphatic rings. The Morgan fingerprint density at radius 1 is 1.35 bits per heavy atom. The standard InChI is InChI=1S/C12H22N2O5S/c1-3-5-14(8-12(16)19-2)7-11(15)13-10-4-6-20(17,18)9-10/h10H,3-9H2,1-2H3,(H,13,15). The first-order valence-electron chi connectivity index (χ1n) is 6.65. The Hall–Kier alpha value is -1.15. The third-order valence-electron chi connectivity index (χ3n) is 3.08. The third kappa shape index (κ3) is 5.87. The molecule has 1 unspecified atom stereocenters. The molecule has 1 amide bonds. The number of ether oxygens (including phenoxy) is 1. The highest BCUT2D eigenvalue weighted by Gasteiger charge is 2.29. The van der Waals surface area contributed by atoms with E-state index in [1.165, 1.54) is 7.11 Å². The van der Waals surface area contributed by atoms with Crippen LogP contribution in [0.2, 0.25) is 0 Å². The first-order chi connectivity index (χ1) is 9.36. The maximum atomic E-state index is 11.9. The van der Waals surface area contributed by atoms with Crippen molar-refractivity contribution in [3.8, 4) is 0 Å². The molecule has 1 saturated heterocycles. The van der Waals surface area contributed by atoms with Crippen molar-refractivity contribution in [3.63, 3.8) is 0 Å². The number of hydrogen-bond donors (Lipinski definition) is 1. The molecular formula is C12H22N2O5S. The first-order valence-corrected chi connectivity index (χ1v) is 8.47. The molecule has 1 N–H and O–H groups in total. The molecule has 1 aliphatic heterocycles. The molecule has 116 valence electrons. The Bertz CT molecular complexity index is 449. The molecule has 7 nitrogen and oxygen atoms in total. The highest BCUT2D eigenvalue weighted by atomic mass is 32.2. The van der Waals surface area contributed by atoms with Gasteiger partial charge in [-0.3, -0.25) is 14.5 Å². The van der Waals surface area contributed by atoms with Crippen LogP contribution in [0.4, 0.5) is 0 Å². The van der Waals surface area contributed by atoms with Gasteiger partial charge in [0.05, 0.1) is 31.7 Å². The summed E-state index contributed by atoms with van der Waals surface area (Å²) in [4.78, 5) is 24.8. The number of nitrogens with one attached hydrogen (secondary N) is 1. The molecule has 1 rings (SSSR count). The number of nitrogens with zero attached hydrogens (tertiary/aromatic N) is 1. The van der Waals surface area contributed by atoms with Crippen LogP contribution in [0.15, 0.2) is 0 Å². The minimum atomic E-state index is -3.01. The second kappa shape index (κ2) is 7.58. The van der Waals surface area contributed by atoms with E-state index in [0.29, 0.717) is 13.0 Å². The molecule has 0 bridgehead atoms. The van der Waals surface area contributed by atoms with Crippen LogP contribution < -0.4 is 5.32 Å². The van der Waals surface area contributed by atoms with E-state index in [1.807, 2.05) is 6.92 Å². The average molecular weight is 306 g/mol. The SMILES string of the molecule is CCCN(CC(=O)NC1CCS(=O)(=O)C1)CC(=O)OC. The summed E-state index contributed by atoms with van der Waals surface area (Å²) in [6.45, 7) is 2.68. The lowest BCUT2D eigenvalue weighted by atomic mass is 10.2. The summed E-state index contributed by atoms with van der Waals surface area (Å²) < 4.78 is 27.2. The van der Waals surface area contributed by atoms with Crippen LogP contribution in [0.1, 0.15) is 19.8 Å². The first kappa shape index (κ1) is 16.9. The predicted molar refractivity (Wildman–Crippen MR) is 73.9 cm³/mol. The zero-order valence-electron chi connectivity index (χ0n) is 11.9. The fraction of sp³-hybridized carbons (Fsp3) is 0.833. The normalized spacial score (nSPS) is 20.9. The van der Waals surface area contributed by atoms with Crippen LogP contribution in [0.25, 0.3) is 0 Å². The summed E-state index contributed by atoms with van der Waals surface area (Å²) in [7, 11) is -1.70. The van der Waals surface area contributed by atoms with E-state index < -0.39 is 15.8 Å². The molecule has 8 heteroatoms. The maximum absolute atomic E-state index is 11.9. The number of methoxy groups -OCH3 is 1. The number of rotatable bonds is 7. The van der Waals surface area contributed by atoms with Gasteiger partial charge in [0, 0.05) is 6.04 Å². The molecule has 1 heterocycles. The van der Waals surface area contributed by atoms with Gasteiger partial charge in [-0.05, 0) is 19.4 Å². The maximum Gasteiger partial charge on any atom is 0.319 e. The quantitative estimate of drug-likeness (QED) is 0.618. The van der Waals surface area contributed by atoms with Crippen molar-refractivity contribution in [1.82, 2.24) is 10.2 Å². The van der Waals surface area contributed by atoms with Crippen molar-refractivity contribution in [2.45, 2.75) is 25.8 Å². The fourth-order valence-electron chi connectivity index (χ4n) is 2.16. The molecule has 0 aliphatic carbocycles. The number of carbonyl (C=O) groups is 2. The van der Waals surface area contributed by atoms with Gasteiger partial charge in [-0.15, -0.1) is 0 Å². The van der Waals surface area contributed by atoms with E-state index >= 15 is 0 Å². The van der Waals surface area contributed by atoms with Crippen LogP contribution in [-0.2, 0) is 24.2 Å². The molecule has 20 heavy (non-hydrogen) atoms. The zero-order chi connectivity index (χ0) is 15.2. The Kier molecular flexibility index (Phi) is 6.41. The second-order valence-corrected chi connectivity index (χ2v) is 7.18. The fourth-order valence-corrected chi connectivity index (χ4v) is 3.84. The molecule has 1 atom stereocenters. The van der Waals surface area contributed by atoms with Gasteiger partial charge in [0.25, 0.3) is 0 Å². The summed E-state index contributed by atoms with van der Waals surface area (Å²) in [5, 5.41) is 2.70. The van der Waals surface area contributed by atoms with Crippen LogP contribution >= 0.6 is 0 Å². The van der Waals surface area contributed by atoms with E-state index in [9.17, 15) is 18.0 Å². The molecule has 0 saturated carbocycles. The van der Waals surface area contributed by atoms with Crippen LogP contribution in [0.5, 0.6) is 0 Å². The number of hydrogen-bond acceptors (Lipinski definition) is 6. The minimum absolute atomic E-state index is 0.00349. The summed E-state index contributed by atoms with van der Waals surface area (Å²) in [6, 6.07) is -0.311. The van der Waals surface area contributed by atoms with Gasteiger partial charge in [-0.1, -0.05) is 6.92 Å². The predicted octanol–water partition coefficient (Wildman–Crippen LogP) is -0.825. The third-order valence-corrected chi connectivity index (χ3v) is 4.85. The molecule has 1 fully saturated rings. The Morgan fingerprint density at radius 3 is 2.55 bits per heavy atom. The molecule has 0 spiro atoms. The molecule has 0 radical (unpaired) electrons. The van der Waals surface area contributed by atoms with Crippen LogP contribution in [0, 0.1) is 0 Å². The van der Waals surface area contributed by atoms with E-state index in [1.54, 1.807) is 4.90 Å². The molecule has 0 aromatic rings. The van der Waals surface area contributed by atoms with Crippen molar-refractivity contribution in [1.29, 1.82) is 0 Å². The van der Waals surface area contributed by atoms with Crippen molar-refractivity contribution in [3.05, 3.63) is 0 Å². The summed E-state index contributed by atoms with van der Waals surface area (Å²) in [5.41, 5.74) is 0. The smallest absolute Gasteiger partial charge is 0.319 e. The van der Waals surface area contributed by atoms with Gasteiger partial charge < -0.3 is 10.1 Å².